The molecule has 1 unspecified atom stereocenters. The van der Waals surface area contributed by atoms with Crippen LogP contribution in [0, 0.1) is 0 Å². The molecule has 7 nitrogen and oxygen atoms in total. The van der Waals surface area contributed by atoms with Gasteiger partial charge in [0.05, 0.1) is 34.4 Å². The zero-order chi connectivity index (χ0) is 22.8. The van der Waals surface area contributed by atoms with Crippen molar-refractivity contribution in [3.8, 4) is 0 Å². The van der Waals surface area contributed by atoms with Crippen LogP contribution in [0.4, 0.5) is 10.5 Å². The van der Waals surface area contributed by atoms with Crippen LogP contribution in [0.5, 0.6) is 0 Å². The molecule has 2 N–H and O–H groups in total. The molecule has 1 aromatic carbocycles. The van der Waals surface area contributed by atoms with E-state index in [-0.39, 0.29) is 12.6 Å². The number of aliphatic hydroxyl groups is 1. The normalized spacial score (nSPS) is 17.6. The van der Waals surface area contributed by atoms with Crippen molar-refractivity contribution in [3.05, 3.63) is 17.2 Å². The van der Waals surface area contributed by atoms with Gasteiger partial charge >= 0.3 is 6.09 Å². The predicted octanol–water partition coefficient (Wildman–Crippen LogP) is 4.92. The van der Waals surface area contributed by atoms with Gasteiger partial charge in [-0.3, -0.25) is 4.90 Å². The summed E-state index contributed by atoms with van der Waals surface area (Å²) in [5, 5.41) is 12.0. The van der Waals surface area contributed by atoms with Gasteiger partial charge in [0.2, 0.25) is 0 Å². The minimum Gasteiger partial charge on any atom is -0.444 e. The summed E-state index contributed by atoms with van der Waals surface area (Å²) in [7, 11) is 0. The number of thioether (sulfide) groups is 1. The summed E-state index contributed by atoms with van der Waals surface area (Å²) < 4.78 is 5.50. The van der Waals surface area contributed by atoms with Crippen LogP contribution in [0.15, 0.2) is 17.3 Å². The van der Waals surface area contributed by atoms with Crippen LogP contribution in [0.3, 0.4) is 0 Å². The number of aliphatic hydroxyl groups excluding tert-OH is 1. The molecule has 31 heavy (non-hydrogen) atoms. The van der Waals surface area contributed by atoms with Crippen molar-refractivity contribution < 1.29 is 14.6 Å². The third-order valence-electron chi connectivity index (χ3n) is 5.38. The first-order chi connectivity index (χ1) is 14.6. The highest BCUT2D eigenvalue weighted by atomic mass is 35.5. The van der Waals surface area contributed by atoms with Gasteiger partial charge in [-0.05, 0) is 45.7 Å². The first kappa shape index (κ1) is 24.0. The van der Waals surface area contributed by atoms with Crippen molar-refractivity contribution in [2.24, 2.45) is 0 Å². The Morgan fingerprint density at radius 2 is 2.06 bits per heavy atom. The lowest BCUT2D eigenvalue weighted by molar-refractivity contribution is 0.00705. The number of hydrogen-bond acceptors (Lipinski definition) is 6. The van der Waals surface area contributed by atoms with Crippen LogP contribution in [0.2, 0.25) is 5.02 Å². The van der Waals surface area contributed by atoms with Crippen molar-refractivity contribution >= 4 is 46.2 Å². The molecule has 0 aliphatic carbocycles. The Labute approximate surface area is 193 Å². The fourth-order valence-electron chi connectivity index (χ4n) is 3.70. The van der Waals surface area contributed by atoms with E-state index in [4.69, 9.17) is 21.3 Å². The van der Waals surface area contributed by atoms with Gasteiger partial charge in [-0.2, -0.15) is 0 Å². The number of nitrogens with zero attached hydrogens (tertiary/aromatic N) is 3. The Morgan fingerprint density at radius 3 is 2.68 bits per heavy atom. The van der Waals surface area contributed by atoms with Gasteiger partial charge in [-0.1, -0.05) is 37.2 Å². The number of carbonyl (C=O) groups excluding carboxylic acids is 1. The maximum atomic E-state index is 12.5. The number of H-pyrrole nitrogens is 1. The third-order valence-corrected chi connectivity index (χ3v) is 7.10. The Kier molecular flexibility index (Phi) is 7.65. The molecule has 172 valence electrons. The third kappa shape index (κ3) is 5.79. The number of anilines is 1. The van der Waals surface area contributed by atoms with Gasteiger partial charge in [-0.25, -0.2) is 9.78 Å². The fraction of sp³-hybridized carbons (Fsp3) is 0.636. The number of benzene rings is 1. The van der Waals surface area contributed by atoms with Gasteiger partial charge in [0.25, 0.3) is 0 Å². The minimum absolute atomic E-state index is 0.145. The molecular weight excluding hydrogens is 436 g/mol. The number of hydrogen-bond donors (Lipinski definition) is 2. The number of piperazine rings is 1. The van der Waals surface area contributed by atoms with Crippen molar-refractivity contribution in [3.63, 3.8) is 0 Å². The number of amides is 1. The molecule has 1 aliphatic rings. The monoisotopic (exact) mass is 468 g/mol. The molecule has 0 spiro atoms. The maximum absolute atomic E-state index is 12.5. The van der Waals surface area contributed by atoms with Gasteiger partial charge < -0.3 is 19.7 Å². The Balaban J connectivity index is 1.78. The molecule has 3 rings (SSSR count). The van der Waals surface area contributed by atoms with Gasteiger partial charge in [0.1, 0.15) is 5.60 Å². The molecular formula is C22H33ClN4O3S. The SMILES string of the molecule is CCC(CC)Sc1nc2cc(N3CCN(C(=O)OC(C)(C)C)C(CO)C3)c(Cl)cc2[nH]1. The van der Waals surface area contributed by atoms with E-state index in [0.717, 1.165) is 34.7 Å². The van der Waals surface area contributed by atoms with Crippen LogP contribution in [-0.4, -0.2) is 69.2 Å². The fourth-order valence-corrected chi connectivity index (χ4v) is 4.95. The van der Waals surface area contributed by atoms with E-state index in [1.165, 1.54) is 0 Å². The Bertz CT molecular complexity index is 910. The molecule has 1 amide bonds. The van der Waals surface area contributed by atoms with Gasteiger partial charge in [0.15, 0.2) is 5.16 Å². The average Bonchev–Trinajstić information content (AvgIpc) is 3.10. The number of fused-ring (bicyclic) bond motifs is 1. The zero-order valence-electron chi connectivity index (χ0n) is 18.9. The summed E-state index contributed by atoms with van der Waals surface area (Å²) in [5.74, 6) is 0. The topological polar surface area (TPSA) is 81.7 Å². The highest BCUT2D eigenvalue weighted by molar-refractivity contribution is 7.99. The van der Waals surface area contributed by atoms with E-state index < -0.39 is 11.7 Å². The van der Waals surface area contributed by atoms with Crippen molar-refractivity contribution in [1.29, 1.82) is 0 Å². The number of rotatable bonds is 6. The Morgan fingerprint density at radius 1 is 1.35 bits per heavy atom. The van der Waals surface area contributed by atoms with Crippen LogP contribution in [-0.2, 0) is 4.74 Å². The van der Waals surface area contributed by atoms with Crippen LogP contribution in [0.1, 0.15) is 47.5 Å². The molecule has 0 radical (unpaired) electrons. The van der Waals surface area contributed by atoms with Crippen LogP contribution < -0.4 is 4.90 Å². The quantitative estimate of drug-likeness (QED) is 0.586. The second-order valence-corrected chi connectivity index (χ2v) is 10.6. The molecule has 1 fully saturated rings. The van der Waals surface area contributed by atoms with E-state index >= 15 is 0 Å². The summed E-state index contributed by atoms with van der Waals surface area (Å²) in [6.45, 7) is 11.3. The number of halogens is 1. The zero-order valence-corrected chi connectivity index (χ0v) is 20.5. The van der Waals surface area contributed by atoms with E-state index in [1.54, 1.807) is 16.7 Å². The summed E-state index contributed by atoms with van der Waals surface area (Å²) in [6, 6.07) is 3.53. The molecule has 1 aromatic heterocycles. The summed E-state index contributed by atoms with van der Waals surface area (Å²) in [4.78, 5) is 24.4. The molecule has 0 saturated carbocycles. The van der Waals surface area contributed by atoms with Crippen LogP contribution in [0.25, 0.3) is 11.0 Å². The number of aromatic amines is 1. The van der Waals surface area contributed by atoms with Gasteiger partial charge in [0, 0.05) is 24.9 Å². The standard InChI is InChI=1S/C22H33ClN4O3S/c1-6-15(7-2)31-20-24-17-10-16(23)19(11-18(17)25-20)26-8-9-27(14(12-26)13-28)21(29)30-22(3,4)5/h10-11,14-15,28H,6-9,12-13H2,1-5H3,(H,24,25). The maximum Gasteiger partial charge on any atom is 0.410 e. The number of nitrogens with one attached hydrogen (secondary N) is 1. The highest BCUT2D eigenvalue weighted by Gasteiger charge is 2.33. The van der Waals surface area contributed by atoms with E-state index in [0.29, 0.717) is 29.9 Å². The van der Waals surface area contributed by atoms with E-state index in [2.05, 4.69) is 23.7 Å². The molecule has 2 heterocycles. The first-order valence-electron chi connectivity index (χ1n) is 10.9. The van der Waals surface area contributed by atoms with Crippen LogP contribution >= 0.6 is 23.4 Å². The summed E-state index contributed by atoms with van der Waals surface area (Å²) in [5.41, 5.74) is 2.06. The number of ether oxygens (including phenoxy) is 1. The summed E-state index contributed by atoms with van der Waals surface area (Å²) in [6.07, 6.45) is 1.78. The second kappa shape index (κ2) is 9.88. The predicted molar refractivity (Wildman–Crippen MR) is 127 cm³/mol. The molecule has 1 saturated heterocycles. The first-order valence-corrected chi connectivity index (χ1v) is 12.1. The second-order valence-electron chi connectivity index (χ2n) is 8.88. The molecule has 9 heteroatoms. The molecule has 0 bridgehead atoms. The molecule has 1 aliphatic heterocycles. The van der Waals surface area contributed by atoms with Crippen molar-refractivity contribution in [2.45, 2.75) is 69.5 Å². The lowest BCUT2D eigenvalue weighted by Crippen LogP contribution is -2.57. The lowest BCUT2D eigenvalue weighted by atomic mass is 10.1. The van der Waals surface area contributed by atoms with Crippen molar-refractivity contribution in [2.75, 3.05) is 31.1 Å². The number of aromatic nitrogens is 2. The molecule has 1 atom stereocenters. The Hall–Kier alpha value is -1.64. The number of imidazole rings is 1. The van der Waals surface area contributed by atoms with E-state index in [9.17, 15) is 9.90 Å². The van der Waals surface area contributed by atoms with E-state index in [1.807, 2.05) is 32.9 Å². The average molecular weight is 469 g/mol. The largest absolute Gasteiger partial charge is 0.444 e. The molecule has 2 aromatic rings. The van der Waals surface area contributed by atoms with Crippen molar-refractivity contribution in [1.82, 2.24) is 14.9 Å². The smallest absolute Gasteiger partial charge is 0.410 e. The lowest BCUT2D eigenvalue weighted by Gasteiger charge is -2.42. The summed E-state index contributed by atoms with van der Waals surface area (Å²) >= 11 is 8.38. The van der Waals surface area contributed by atoms with Gasteiger partial charge in [-0.15, -0.1) is 0 Å². The number of carbonyl (C=O) groups is 1. The highest BCUT2D eigenvalue weighted by Crippen LogP contribution is 2.34. The minimum atomic E-state index is -0.577.